The van der Waals surface area contributed by atoms with Crippen molar-refractivity contribution in [3.05, 3.63) is 39.5 Å². The molecule has 0 radical (unpaired) electrons. The van der Waals surface area contributed by atoms with E-state index >= 15 is 0 Å². The molecule has 0 spiro atoms. The number of rotatable bonds is 3. The summed E-state index contributed by atoms with van der Waals surface area (Å²) in [6, 6.07) is 4.84. The fourth-order valence-electron chi connectivity index (χ4n) is 1.76. The molecule has 2 aromatic rings. The van der Waals surface area contributed by atoms with Crippen LogP contribution in [0.2, 0.25) is 10.0 Å². The highest BCUT2D eigenvalue weighted by molar-refractivity contribution is 6.34. The fourth-order valence-corrected chi connectivity index (χ4v) is 2.08. The van der Waals surface area contributed by atoms with Gasteiger partial charge in [-0.25, -0.2) is 4.68 Å². The molecule has 1 heterocycles. The maximum absolute atomic E-state index is 8.83. The van der Waals surface area contributed by atoms with Gasteiger partial charge in [-0.1, -0.05) is 28.4 Å². The van der Waals surface area contributed by atoms with Crippen LogP contribution in [0.25, 0.3) is 0 Å². The first-order chi connectivity index (χ1) is 9.43. The molecule has 0 aliphatic heterocycles. The summed E-state index contributed by atoms with van der Waals surface area (Å²) in [6.07, 6.45) is 0. The number of benzene rings is 1. The molecule has 0 amide bonds. The van der Waals surface area contributed by atoms with Gasteiger partial charge in [-0.05, 0) is 19.1 Å². The van der Waals surface area contributed by atoms with E-state index in [0.29, 0.717) is 32.9 Å². The number of nitrogens with zero attached hydrogens (tertiary/aromatic N) is 3. The predicted octanol–water partition coefficient (Wildman–Crippen LogP) is 2.92. The van der Waals surface area contributed by atoms with Crippen molar-refractivity contribution in [1.82, 2.24) is 9.78 Å². The molecule has 0 aliphatic carbocycles. The first kappa shape index (κ1) is 14.5. The summed E-state index contributed by atoms with van der Waals surface area (Å²) in [5, 5.41) is 16.9. The van der Waals surface area contributed by atoms with Crippen molar-refractivity contribution in [2.24, 2.45) is 17.9 Å². The average molecular weight is 315 g/mol. The summed E-state index contributed by atoms with van der Waals surface area (Å²) in [6.45, 7) is 1.72. The van der Waals surface area contributed by atoms with Gasteiger partial charge in [-0.3, -0.25) is 0 Å². The normalized spacial score (nSPS) is 11.7. The van der Waals surface area contributed by atoms with Crippen LogP contribution < -0.4 is 10.5 Å². The van der Waals surface area contributed by atoms with Gasteiger partial charge in [-0.2, -0.15) is 5.10 Å². The van der Waals surface area contributed by atoms with E-state index in [9.17, 15) is 0 Å². The number of oxime groups is 1. The number of hydrogen-bond acceptors (Lipinski definition) is 4. The van der Waals surface area contributed by atoms with Gasteiger partial charge < -0.3 is 15.7 Å². The van der Waals surface area contributed by atoms with Crippen molar-refractivity contribution in [1.29, 1.82) is 0 Å². The second kappa shape index (κ2) is 5.60. The van der Waals surface area contributed by atoms with Gasteiger partial charge >= 0.3 is 0 Å². The third-order valence-electron chi connectivity index (χ3n) is 2.63. The lowest BCUT2D eigenvalue weighted by atomic mass is 10.2. The Morgan fingerprint density at radius 2 is 2.15 bits per heavy atom. The lowest BCUT2D eigenvalue weighted by Gasteiger charge is -2.09. The Hall–Kier alpha value is -1.92. The fraction of sp³-hybridized carbons (Fsp3) is 0.167. The Labute approximate surface area is 125 Å². The molecule has 1 aromatic carbocycles. The van der Waals surface area contributed by atoms with Gasteiger partial charge in [0, 0.05) is 18.1 Å². The molecular weight excluding hydrogens is 303 g/mol. The van der Waals surface area contributed by atoms with Crippen LogP contribution in [0.4, 0.5) is 0 Å². The van der Waals surface area contributed by atoms with Crippen molar-refractivity contribution in [2.45, 2.75) is 6.92 Å². The highest BCUT2D eigenvalue weighted by atomic mass is 35.5. The van der Waals surface area contributed by atoms with Crippen LogP contribution in [0, 0.1) is 6.92 Å². The van der Waals surface area contributed by atoms with Gasteiger partial charge in [-0.15, -0.1) is 0 Å². The van der Waals surface area contributed by atoms with Crippen LogP contribution in [-0.2, 0) is 7.05 Å². The standard InChI is InChI=1S/C12H12Cl2N4O2/c1-6-10(11(15)17-19)12(18(2)16-6)20-9-5-7(13)3-4-8(9)14/h3-5,19H,1-2H3,(H2,15,17). The number of aryl methyl sites for hydroxylation is 2. The molecule has 1 aromatic heterocycles. The van der Waals surface area contributed by atoms with Crippen LogP contribution in [0.15, 0.2) is 23.4 Å². The maximum Gasteiger partial charge on any atom is 0.229 e. The molecule has 0 fully saturated rings. The Bertz CT molecular complexity index is 682. The zero-order chi connectivity index (χ0) is 14.9. The molecule has 0 saturated heterocycles. The molecule has 3 N–H and O–H groups in total. The van der Waals surface area contributed by atoms with Gasteiger partial charge in [0.1, 0.15) is 11.3 Å². The molecular formula is C12H12Cl2N4O2. The first-order valence-corrected chi connectivity index (χ1v) is 6.34. The number of nitrogens with two attached hydrogens (primary N) is 1. The van der Waals surface area contributed by atoms with Crippen molar-refractivity contribution in [3.8, 4) is 11.6 Å². The van der Waals surface area contributed by atoms with Crippen LogP contribution >= 0.6 is 23.2 Å². The van der Waals surface area contributed by atoms with Crippen molar-refractivity contribution >= 4 is 29.0 Å². The molecule has 6 nitrogen and oxygen atoms in total. The summed E-state index contributed by atoms with van der Waals surface area (Å²) < 4.78 is 7.18. The largest absolute Gasteiger partial charge is 0.437 e. The van der Waals surface area contributed by atoms with E-state index in [-0.39, 0.29) is 5.84 Å². The van der Waals surface area contributed by atoms with E-state index in [0.717, 1.165) is 0 Å². The minimum atomic E-state index is -0.0937. The molecule has 0 aliphatic rings. The van der Waals surface area contributed by atoms with Gasteiger partial charge in [0.25, 0.3) is 0 Å². The second-order valence-electron chi connectivity index (χ2n) is 4.05. The molecule has 0 bridgehead atoms. The van der Waals surface area contributed by atoms with Crippen molar-refractivity contribution < 1.29 is 9.94 Å². The van der Waals surface area contributed by atoms with Gasteiger partial charge in [0.2, 0.25) is 5.88 Å². The maximum atomic E-state index is 8.83. The zero-order valence-corrected chi connectivity index (χ0v) is 12.3. The third kappa shape index (κ3) is 2.66. The Morgan fingerprint density at radius 1 is 1.45 bits per heavy atom. The molecule has 0 atom stereocenters. The van der Waals surface area contributed by atoms with E-state index in [1.807, 2.05) is 0 Å². The number of hydrogen-bond donors (Lipinski definition) is 2. The van der Waals surface area contributed by atoms with Crippen LogP contribution in [-0.4, -0.2) is 20.8 Å². The molecule has 2 rings (SSSR count). The lowest BCUT2D eigenvalue weighted by Crippen LogP contribution is -2.15. The van der Waals surface area contributed by atoms with Crippen molar-refractivity contribution in [2.75, 3.05) is 0 Å². The Morgan fingerprint density at radius 3 is 2.80 bits per heavy atom. The first-order valence-electron chi connectivity index (χ1n) is 5.58. The number of halogens is 2. The quantitative estimate of drug-likeness (QED) is 0.395. The van der Waals surface area contributed by atoms with E-state index in [1.165, 1.54) is 4.68 Å². The van der Waals surface area contributed by atoms with Gasteiger partial charge in [0.15, 0.2) is 5.84 Å². The minimum Gasteiger partial charge on any atom is -0.437 e. The summed E-state index contributed by atoms with van der Waals surface area (Å²) in [5.74, 6) is 0.569. The minimum absolute atomic E-state index is 0.0937. The molecule has 0 saturated carbocycles. The van der Waals surface area contributed by atoms with Crippen LogP contribution in [0.3, 0.4) is 0 Å². The van der Waals surface area contributed by atoms with E-state index in [1.54, 1.807) is 32.2 Å². The summed E-state index contributed by atoms with van der Waals surface area (Å²) in [5.41, 5.74) is 6.60. The lowest BCUT2D eigenvalue weighted by molar-refractivity contribution is 0.318. The summed E-state index contributed by atoms with van der Waals surface area (Å²) in [7, 11) is 1.68. The second-order valence-corrected chi connectivity index (χ2v) is 4.89. The van der Waals surface area contributed by atoms with Gasteiger partial charge in [0.05, 0.1) is 10.7 Å². The van der Waals surface area contributed by atoms with Crippen LogP contribution in [0.5, 0.6) is 11.6 Å². The summed E-state index contributed by atoms with van der Waals surface area (Å²) >= 11 is 12.0. The monoisotopic (exact) mass is 314 g/mol. The molecule has 0 unspecified atom stereocenters. The van der Waals surface area contributed by atoms with E-state index < -0.39 is 0 Å². The third-order valence-corrected chi connectivity index (χ3v) is 3.18. The average Bonchev–Trinajstić information content (AvgIpc) is 2.68. The topological polar surface area (TPSA) is 85.7 Å². The highest BCUT2D eigenvalue weighted by Gasteiger charge is 2.20. The Balaban J connectivity index is 2.51. The van der Waals surface area contributed by atoms with E-state index in [2.05, 4.69) is 10.3 Å². The smallest absolute Gasteiger partial charge is 0.229 e. The number of aromatic nitrogens is 2. The molecule has 20 heavy (non-hydrogen) atoms. The molecule has 8 heteroatoms. The zero-order valence-electron chi connectivity index (χ0n) is 10.8. The van der Waals surface area contributed by atoms with Crippen molar-refractivity contribution in [3.63, 3.8) is 0 Å². The number of amidine groups is 1. The molecule has 106 valence electrons. The summed E-state index contributed by atoms with van der Waals surface area (Å²) in [4.78, 5) is 0. The number of ether oxygens (including phenoxy) is 1. The van der Waals surface area contributed by atoms with Crippen LogP contribution in [0.1, 0.15) is 11.3 Å². The highest BCUT2D eigenvalue weighted by Crippen LogP contribution is 2.33. The van der Waals surface area contributed by atoms with E-state index in [4.69, 9.17) is 38.9 Å². The predicted molar refractivity (Wildman–Crippen MR) is 77.0 cm³/mol. The SMILES string of the molecule is Cc1nn(C)c(Oc2cc(Cl)ccc2Cl)c1C(N)=NO. The Kier molecular flexibility index (Phi) is 4.06.